The fraction of sp³-hybridized carbons (Fsp3) is 0. The van der Waals surface area contributed by atoms with Gasteiger partial charge in [-0.3, -0.25) is 0 Å². The summed E-state index contributed by atoms with van der Waals surface area (Å²) in [6, 6.07) is 64.0. The van der Waals surface area contributed by atoms with E-state index in [1.165, 1.54) is 49.2 Å². The van der Waals surface area contributed by atoms with Gasteiger partial charge in [-0.25, -0.2) is 15.0 Å². The lowest BCUT2D eigenvalue weighted by atomic mass is 9.95. The lowest BCUT2D eigenvalue weighted by molar-refractivity contribution is 1.07. The third-order valence-corrected chi connectivity index (χ3v) is 9.80. The normalized spacial score (nSPS) is 11.5. The molecule has 4 heteroatoms. The Kier molecular flexibility index (Phi) is 6.78. The number of aromatic nitrogens is 4. The fourth-order valence-electron chi connectivity index (χ4n) is 7.47. The van der Waals surface area contributed by atoms with Gasteiger partial charge in [-0.1, -0.05) is 158 Å². The van der Waals surface area contributed by atoms with Crippen molar-refractivity contribution in [3.8, 4) is 56.4 Å². The Morgan fingerprint density at radius 2 is 0.765 bits per heavy atom. The van der Waals surface area contributed by atoms with Crippen molar-refractivity contribution in [2.75, 3.05) is 0 Å². The molecule has 0 radical (unpaired) electrons. The average Bonchev–Trinajstić information content (AvgIpc) is 3.57. The highest BCUT2D eigenvalue weighted by Gasteiger charge is 2.20. The zero-order valence-electron chi connectivity index (χ0n) is 27.6. The topological polar surface area (TPSA) is 43.1 Å². The summed E-state index contributed by atoms with van der Waals surface area (Å²) < 4.78 is 2.45. The Bertz CT molecular complexity index is 2840. The number of hydrogen-bond acceptors (Lipinski definition) is 3. The molecule has 0 aliphatic rings. The zero-order valence-corrected chi connectivity index (χ0v) is 27.6. The first-order chi connectivity index (χ1) is 25.3. The second-order valence-corrected chi connectivity index (χ2v) is 12.8. The molecule has 0 bridgehead atoms. The first kappa shape index (κ1) is 29.0. The molecule has 0 atom stereocenters. The highest BCUT2D eigenvalue weighted by molar-refractivity contribution is 6.22. The summed E-state index contributed by atoms with van der Waals surface area (Å²) >= 11 is 0. The van der Waals surface area contributed by atoms with Gasteiger partial charge in [0, 0.05) is 38.4 Å². The molecule has 3 heterocycles. The van der Waals surface area contributed by atoms with Crippen molar-refractivity contribution in [3.05, 3.63) is 182 Å². The third-order valence-electron chi connectivity index (χ3n) is 9.80. The molecule has 0 spiro atoms. The van der Waals surface area contributed by atoms with Crippen molar-refractivity contribution in [2.24, 2.45) is 0 Å². The molecule has 4 nitrogen and oxygen atoms in total. The van der Waals surface area contributed by atoms with Crippen LogP contribution in [-0.4, -0.2) is 19.4 Å². The molecule has 3 aromatic heterocycles. The van der Waals surface area contributed by atoms with E-state index in [0.717, 1.165) is 27.8 Å². The van der Waals surface area contributed by atoms with E-state index >= 15 is 0 Å². The molecule has 0 N–H and O–H groups in total. The number of hydrogen-bond donors (Lipinski definition) is 0. The molecule has 0 unspecified atom stereocenters. The van der Waals surface area contributed by atoms with Crippen molar-refractivity contribution in [1.29, 1.82) is 0 Å². The van der Waals surface area contributed by atoms with Crippen molar-refractivity contribution in [3.63, 3.8) is 0 Å². The predicted molar refractivity (Wildman–Crippen MR) is 210 cm³/mol. The van der Waals surface area contributed by atoms with Crippen molar-refractivity contribution in [1.82, 2.24) is 19.4 Å². The van der Waals surface area contributed by atoms with Crippen molar-refractivity contribution in [2.45, 2.75) is 0 Å². The third kappa shape index (κ3) is 4.88. The Hall–Kier alpha value is -6.91. The van der Waals surface area contributed by atoms with Gasteiger partial charge in [-0.2, -0.15) is 0 Å². The summed E-state index contributed by atoms with van der Waals surface area (Å²) in [5.41, 5.74) is 11.1. The van der Waals surface area contributed by atoms with Gasteiger partial charge in [-0.15, -0.1) is 0 Å². The van der Waals surface area contributed by atoms with Crippen LogP contribution in [0.2, 0.25) is 0 Å². The van der Waals surface area contributed by atoms with Crippen LogP contribution in [0.3, 0.4) is 0 Å². The number of benzene rings is 7. The van der Waals surface area contributed by atoms with Crippen LogP contribution in [0, 0.1) is 0 Å². The maximum absolute atomic E-state index is 5.00. The number of nitrogens with zero attached hydrogens (tertiary/aromatic N) is 4. The molecule has 10 aromatic rings. The van der Waals surface area contributed by atoms with E-state index in [2.05, 4.69) is 126 Å². The van der Waals surface area contributed by atoms with Crippen LogP contribution in [0.25, 0.3) is 94.5 Å². The molecule has 0 saturated carbocycles. The summed E-state index contributed by atoms with van der Waals surface area (Å²) in [5, 5.41) is 4.92. The molecule has 238 valence electrons. The van der Waals surface area contributed by atoms with E-state index in [1.54, 1.807) is 0 Å². The second-order valence-electron chi connectivity index (χ2n) is 12.8. The largest absolute Gasteiger partial charge is 0.308 e. The maximum Gasteiger partial charge on any atom is 0.164 e. The summed E-state index contributed by atoms with van der Waals surface area (Å²) in [6.45, 7) is 0. The quantitative estimate of drug-likeness (QED) is 0.174. The highest BCUT2D eigenvalue weighted by Crippen LogP contribution is 2.43. The van der Waals surface area contributed by atoms with E-state index < -0.39 is 0 Å². The minimum atomic E-state index is 0.642. The summed E-state index contributed by atoms with van der Waals surface area (Å²) in [6.07, 6.45) is 0. The number of rotatable bonds is 5. The SMILES string of the molecule is c1ccc(-c2nc(-c3ccccc3)nc(-c3cccc(-c4ccc5c6ccccc6n6c7ccccc7c(-c7ccccc7)c6c5c4)c3)n2)cc1. The van der Waals surface area contributed by atoms with Gasteiger partial charge in [0.2, 0.25) is 0 Å². The van der Waals surface area contributed by atoms with E-state index in [1.807, 2.05) is 60.7 Å². The van der Waals surface area contributed by atoms with E-state index in [-0.39, 0.29) is 0 Å². The Morgan fingerprint density at radius 3 is 1.41 bits per heavy atom. The molecule has 51 heavy (non-hydrogen) atoms. The van der Waals surface area contributed by atoms with Crippen LogP contribution in [0.5, 0.6) is 0 Å². The van der Waals surface area contributed by atoms with Crippen LogP contribution >= 0.6 is 0 Å². The van der Waals surface area contributed by atoms with Crippen LogP contribution in [0.15, 0.2) is 182 Å². The summed E-state index contributed by atoms with van der Waals surface area (Å²) in [7, 11) is 0. The average molecular weight is 651 g/mol. The van der Waals surface area contributed by atoms with Crippen LogP contribution in [-0.2, 0) is 0 Å². The van der Waals surface area contributed by atoms with Crippen LogP contribution in [0.1, 0.15) is 0 Å². The first-order valence-electron chi connectivity index (χ1n) is 17.2. The lowest BCUT2D eigenvalue weighted by Crippen LogP contribution is -2.00. The van der Waals surface area contributed by atoms with E-state index in [0.29, 0.717) is 17.5 Å². The summed E-state index contributed by atoms with van der Waals surface area (Å²) in [5.74, 6) is 1.94. The smallest absolute Gasteiger partial charge is 0.164 e. The Labute approximate surface area is 295 Å². The molecule has 0 aliphatic heterocycles. The van der Waals surface area contributed by atoms with Crippen molar-refractivity contribution < 1.29 is 0 Å². The number of para-hydroxylation sites is 2. The van der Waals surface area contributed by atoms with E-state index in [4.69, 9.17) is 15.0 Å². The lowest BCUT2D eigenvalue weighted by Gasteiger charge is -2.14. The molecule has 0 amide bonds. The Morgan fingerprint density at radius 1 is 0.294 bits per heavy atom. The number of fused-ring (bicyclic) bond motifs is 8. The first-order valence-corrected chi connectivity index (χ1v) is 17.2. The van der Waals surface area contributed by atoms with Crippen molar-refractivity contribution >= 4 is 38.1 Å². The monoisotopic (exact) mass is 650 g/mol. The number of pyridine rings is 1. The van der Waals surface area contributed by atoms with Gasteiger partial charge in [-0.05, 0) is 46.3 Å². The van der Waals surface area contributed by atoms with Gasteiger partial charge in [0.25, 0.3) is 0 Å². The molecular weight excluding hydrogens is 621 g/mol. The highest BCUT2D eigenvalue weighted by atomic mass is 15.0. The van der Waals surface area contributed by atoms with Gasteiger partial charge in [0.05, 0.1) is 16.6 Å². The fourth-order valence-corrected chi connectivity index (χ4v) is 7.47. The molecule has 0 aliphatic carbocycles. The molecule has 0 fully saturated rings. The summed E-state index contributed by atoms with van der Waals surface area (Å²) in [4.78, 5) is 14.9. The maximum atomic E-state index is 5.00. The Balaban J connectivity index is 1.21. The molecular formula is C47H30N4. The van der Waals surface area contributed by atoms with Crippen LogP contribution < -0.4 is 0 Å². The molecule has 10 rings (SSSR count). The van der Waals surface area contributed by atoms with Gasteiger partial charge < -0.3 is 4.40 Å². The van der Waals surface area contributed by atoms with Crippen LogP contribution in [0.4, 0.5) is 0 Å². The van der Waals surface area contributed by atoms with Gasteiger partial charge >= 0.3 is 0 Å². The second kappa shape index (κ2) is 11.9. The standard InChI is InChI=1S/C47H30N4/c1-4-15-31(16-5-1)43-39-24-11-13-26-42(39)51-41-25-12-10-23-38(41)37-28-27-35(30-40(37)44(43)51)34-21-14-22-36(29-34)47-49-45(32-17-6-2-7-18-32)48-46(50-47)33-19-8-3-9-20-33/h1-30H. The van der Waals surface area contributed by atoms with Gasteiger partial charge in [0.1, 0.15) is 0 Å². The predicted octanol–water partition coefficient (Wildman–Crippen LogP) is 11.9. The van der Waals surface area contributed by atoms with E-state index in [9.17, 15) is 0 Å². The molecule has 7 aromatic carbocycles. The zero-order chi connectivity index (χ0) is 33.7. The molecule has 0 saturated heterocycles. The minimum Gasteiger partial charge on any atom is -0.308 e. The van der Waals surface area contributed by atoms with Gasteiger partial charge in [0.15, 0.2) is 17.5 Å². The minimum absolute atomic E-state index is 0.642.